The molecule has 0 saturated heterocycles. The Balaban J connectivity index is 2.27. The fourth-order valence-corrected chi connectivity index (χ4v) is 2.32. The van der Waals surface area contributed by atoms with E-state index in [1.165, 1.54) is 0 Å². The zero-order valence-corrected chi connectivity index (χ0v) is 15.2. The van der Waals surface area contributed by atoms with Gasteiger partial charge in [-0.25, -0.2) is 4.79 Å². The lowest BCUT2D eigenvalue weighted by molar-refractivity contribution is 0.0577. The van der Waals surface area contributed by atoms with E-state index in [0.717, 1.165) is 14.8 Å². The Bertz CT molecular complexity index is 618. The van der Waals surface area contributed by atoms with Gasteiger partial charge in [-0.15, -0.1) is 0 Å². The Labute approximate surface area is 145 Å². The van der Waals surface area contributed by atoms with Crippen LogP contribution in [0.1, 0.15) is 26.3 Å². The fraction of sp³-hybridized carbons (Fsp3) is 0.278. The van der Waals surface area contributed by atoms with E-state index < -0.39 is 5.60 Å². The second-order valence-corrected chi connectivity index (χ2v) is 7.27. The molecule has 2 aromatic carbocycles. The van der Waals surface area contributed by atoms with Gasteiger partial charge in [0.25, 0.3) is 0 Å². The second-order valence-electron chi connectivity index (χ2n) is 6.03. The van der Waals surface area contributed by atoms with E-state index >= 15 is 0 Å². The number of anilines is 1. The third kappa shape index (κ3) is 5.02. The van der Waals surface area contributed by atoms with Gasteiger partial charge in [-0.3, -0.25) is 4.90 Å². The molecule has 0 aliphatic rings. The molecule has 1 amide bonds. The number of amides is 1. The molecule has 0 bridgehead atoms. The van der Waals surface area contributed by atoms with Crippen LogP contribution in [0.25, 0.3) is 0 Å². The molecule has 0 spiro atoms. The van der Waals surface area contributed by atoms with E-state index in [1.54, 1.807) is 4.90 Å². The van der Waals surface area contributed by atoms with Crippen molar-refractivity contribution < 1.29 is 9.53 Å². The van der Waals surface area contributed by atoms with Crippen molar-refractivity contribution in [1.82, 2.24) is 0 Å². The first-order chi connectivity index (χ1) is 10.3. The van der Waals surface area contributed by atoms with Crippen LogP contribution in [0, 0.1) is 3.57 Å². The zero-order valence-electron chi connectivity index (χ0n) is 13.0. The highest BCUT2D eigenvalue weighted by atomic mass is 127. The number of carbonyl (C=O) groups excluding carboxylic acids is 1. The maximum absolute atomic E-state index is 12.6. The van der Waals surface area contributed by atoms with Crippen LogP contribution in [0.15, 0.2) is 54.6 Å². The Hall–Kier alpha value is -1.56. The second kappa shape index (κ2) is 7.13. The molecule has 0 aromatic heterocycles. The van der Waals surface area contributed by atoms with Gasteiger partial charge < -0.3 is 4.74 Å². The molecule has 0 N–H and O–H groups in total. The van der Waals surface area contributed by atoms with E-state index in [-0.39, 0.29) is 6.09 Å². The van der Waals surface area contributed by atoms with Crippen molar-refractivity contribution >= 4 is 34.4 Å². The summed E-state index contributed by atoms with van der Waals surface area (Å²) in [7, 11) is 0. The predicted octanol–water partition coefficient (Wildman–Crippen LogP) is 5.23. The molecule has 0 aliphatic heterocycles. The molecular weight excluding hydrogens is 389 g/mol. The zero-order chi connectivity index (χ0) is 16.2. The summed E-state index contributed by atoms with van der Waals surface area (Å²) < 4.78 is 6.67. The smallest absolute Gasteiger partial charge is 0.415 e. The van der Waals surface area contributed by atoms with Crippen LogP contribution >= 0.6 is 22.6 Å². The lowest BCUT2D eigenvalue weighted by atomic mass is 10.2. The summed E-state index contributed by atoms with van der Waals surface area (Å²) in [6.45, 7) is 6.11. The summed E-state index contributed by atoms with van der Waals surface area (Å²) in [5.74, 6) is 0. The molecule has 3 nitrogen and oxygen atoms in total. The summed E-state index contributed by atoms with van der Waals surface area (Å²) >= 11 is 2.25. The molecule has 22 heavy (non-hydrogen) atoms. The van der Waals surface area contributed by atoms with Gasteiger partial charge in [0.05, 0.1) is 6.54 Å². The summed E-state index contributed by atoms with van der Waals surface area (Å²) in [6.07, 6.45) is -0.336. The normalized spacial score (nSPS) is 11.1. The number of halogens is 1. The van der Waals surface area contributed by atoms with E-state index in [1.807, 2.05) is 75.4 Å². The lowest BCUT2D eigenvalue weighted by Gasteiger charge is -2.27. The number of carbonyl (C=O) groups is 1. The number of ether oxygens (including phenoxy) is 1. The minimum atomic E-state index is -0.519. The van der Waals surface area contributed by atoms with Crippen molar-refractivity contribution in [2.75, 3.05) is 4.90 Å². The van der Waals surface area contributed by atoms with Crippen molar-refractivity contribution in [3.05, 3.63) is 63.7 Å². The van der Waals surface area contributed by atoms with Crippen molar-refractivity contribution in [3.8, 4) is 0 Å². The van der Waals surface area contributed by atoms with E-state index in [4.69, 9.17) is 4.74 Å². The monoisotopic (exact) mass is 409 g/mol. The largest absolute Gasteiger partial charge is 0.443 e. The highest BCUT2D eigenvalue weighted by molar-refractivity contribution is 14.1. The SMILES string of the molecule is CC(C)(C)OC(=O)N(Cc1ccccc1)c1ccc(I)cc1. The number of benzene rings is 2. The maximum atomic E-state index is 12.6. The molecule has 0 heterocycles. The molecular formula is C18H20INO2. The number of hydrogen-bond acceptors (Lipinski definition) is 2. The van der Waals surface area contributed by atoms with Gasteiger partial charge >= 0.3 is 6.09 Å². The lowest BCUT2D eigenvalue weighted by Crippen LogP contribution is -2.36. The maximum Gasteiger partial charge on any atom is 0.415 e. The first kappa shape index (κ1) is 16.8. The summed E-state index contributed by atoms with van der Waals surface area (Å²) in [5, 5.41) is 0. The van der Waals surface area contributed by atoms with Crippen LogP contribution in [0.2, 0.25) is 0 Å². The van der Waals surface area contributed by atoms with E-state index in [0.29, 0.717) is 6.54 Å². The average Bonchev–Trinajstić information content (AvgIpc) is 2.45. The Morgan fingerprint density at radius 1 is 1.05 bits per heavy atom. The van der Waals surface area contributed by atoms with Crippen LogP contribution in [-0.2, 0) is 11.3 Å². The number of nitrogens with zero attached hydrogens (tertiary/aromatic N) is 1. The number of hydrogen-bond donors (Lipinski definition) is 0. The van der Waals surface area contributed by atoms with Crippen molar-refractivity contribution in [2.45, 2.75) is 32.9 Å². The van der Waals surface area contributed by atoms with Crippen molar-refractivity contribution in [2.24, 2.45) is 0 Å². The molecule has 0 atom stereocenters. The highest BCUT2D eigenvalue weighted by Gasteiger charge is 2.23. The van der Waals surface area contributed by atoms with Gasteiger partial charge in [-0.2, -0.15) is 0 Å². The first-order valence-electron chi connectivity index (χ1n) is 7.15. The summed E-state index contributed by atoms with van der Waals surface area (Å²) in [6, 6.07) is 17.8. The van der Waals surface area contributed by atoms with Crippen LogP contribution in [0.5, 0.6) is 0 Å². The molecule has 2 aromatic rings. The third-order valence-corrected chi connectivity index (χ3v) is 3.65. The van der Waals surface area contributed by atoms with Gasteiger partial charge in [-0.1, -0.05) is 30.3 Å². The van der Waals surface area contributed by atoms with Gasteiger partial charge in [0.1, 0.15) is 5.60 Å². The van der Waals surface area contributed by atoms with Gasteiger partial charge in [0.15, 0.2) is 0 Å². The summed E-state index contributed by atoms with van der Waals surface area (Å²) in [5.41, 5.74) is 1.38. The minimum Gasteiger partial charge on any atom is -0.443 e. The Morgan fingerprint density at radius 3 is 2.18 bits per heavy atom. The fourth-order valence-electron chi connectivity index (χ4n) is 1.97. The van der Waals surface area contributed by atoms with Gasteiger partial charge in [-0.05, 0) is 73.2 Å². The molecule has 4 heteroatoms. The molecule has 0 aliphatic carbocycles. The van der Waals surface area contributed by atoms with E-state index in [9.17, 15) is 4.79 Å². The molecule has 0 unspecified atom stereocenters. The van der Waals surface area contributed by atoms with Crippen LogP contribution in [0.4, 0.5) is 10.5 Å². The van der Waals surface area contributed by atoms with Crippen LogP contribution < -0.4 is 4.90 Å². The topological polar surface area (TPSA) is 29.5 Å². The number of rotatable bonds is 3. The molecule has 0 radical (unpaired) electrons. The van der Waals surface area contributed by atoms with Crippen LogP contribution in [0.3, 0.4) is 0 Å². The molecule has 0 saturated carbocycles. The average molecular weight is 409 g/mol. The van der Waals surface area contributed by atoms with Gasteiger partial charge in [0.2, 0.25) is 0 Å². The van der Waals surface area contributed by atoms with Crippen molar-refractivity contribution in [3.63, 3.8) is 0 Å². The molecule has 116 valence electrons. The van der Waals surface area contributed by atoms with Crippen molar-refractivity contribution in [1.29, 1.82) is 0 Å². The first-order valence-corrected chi connectivity index (χ1v) is 8.23. The van der Waals surface area contributed by atoms with Crippen LogP contribution in [-0.4, -0.2) is 11.7 Å². The Morgan fingerprint density at radius 2 is 1.64 bits per heavy atom. The predicted molar refractivity (Wildman–Crippen MR) is 98.0 cm³/mol. The summed E-state index contributed by atoms with van der Waals surface area (Å²) in [4.78, 5) is 14.2. The Kier molecular flexibility index (Phi) is 5.45. The quantitative estimate of drug-likeness (QED) is 0.650. The minimum absolute atomic E-state index is 0.336. The van der Waals surface area contributed by atoms with E-state index in [2.05, 4.69) is 22.6 Å². The highest BCUT2D eigenvalue weighted by Crippen LogP contribution is 2.22. The molecule has 2 rings (SSSR count). The molecule has 0 fully saturated rings. The van der Waals surface area contributed by atoms with Gasteiger partial charge in [0, 0.05) is 9.26 Å². The standard InChI is InChI=1S/C18H20INO2/c1-18(2,3)22-17(21)20(13-14-7-5-4-6-8-14)16-11-9-15(19)10-12-16/h4-12H,13H2,1-3H3. The third-order valence-electron chi connectivity index (χ3n) is 2.94.